The molecule has 2 aromatic carbocycles. The molecule has 1 amide bonds. The predicted octanol–water partition coefficient (Wildman–Crippen LogP) is 5.13. The second-order valence-electron chi connectivity index (χ2n) is 6.82. The van der Waals surface area contributed by atoms with Gasteiger partial charge in [-0.1, -0.05) is 24.3 Å². The Bertz CT molecular complexity index is 1150. The van der Waals surface area contributed by atoms with E-state index in [1.165, 1.54) is 23.5 Å². The summed E-state index contributed by atoms with van der Waals surface area (Å²) in [7, 11) is 0. The summed E-state index contributed by atoms with van der Waals surface area (Å²) in [6.07, 6.45) is -4.30. The maximum atomic E-state index is 12.7. The number of hydrogen-bond acceptors (Lipinski definition) is 4. The molecule has 0 radical (unpaired) electrons. The van der Waals surface area contributed by atoms with E-state index in [1.807, 2.05) is 31.2 Å². The van der Waals surface area contributed by atoms with E-state index in [2.05, 4.69) is 20.3 Å². The number of aromatic amines is 1. The summed E-state index contributed by atoms with van der Waals surface area (Å²) in [5, 5.41) is 5.19. The SMILES string of the molecule is C[C@H](NC(=O)Cc1csc(-c2ccc(C(F)(F)F)cc2)n1)c1nc2ccccc2[nH]1. The Labute approximate surface area is 174 Å². The van der Waals surface area contributed by atoms with Crippen molar-refractivity contribution >= 4 is 28.3 Å². The summed E-state index contributed by atoms with van der Waals surface area (Å²) >= 11 is 1.29. The van der Waals surface area contributed by atoms with Gasteiger partial charge >= 0.3 is 6.18 Å². The van der Waals surface area contributed by atoms with Crippen LogP contribution in [0, 0.1) is 0 Å². The zero-order valence-corrected chi connectivity index (χ0v) is 16.6. The Morgan fingerprint density at radius 3 is 2.57 bits per heavy atom. The standard InChI is InChI=1S/C21H17F3N4OS/c1-12(19-27-16-4-2-3-5-17(16)28-19)25-18(29)10-15-11-30-20(26-15)13-6-8-14(9-7-13)21(22,23)24/h2-9,11-12H,10H2,1H3,(H,25,29)(H,27,28)/t12-/m0/s1. The summed E-state index contributed by atoms with van der Waals surface area (Å²) in [5.74, 6) is 0.445. The Hall–Kier alpha value is -3.20. The van der Waals surface area contributed by atoms with E-state index in [9.17, 15) is 18.0 Å². The van der Waals surface area contributed by atoms with Crippen LogP contribution in [0.4, 0.5) is 13.2 Å². The third-order valence-corrected chi connectivity index (χ3v) is 5.49. The van der Waals surface area contributed by atoms with Crippen LogP contribution in [-0.2, 0) is 17.4 Å². The summed E-state index contributed by atoms with van der Waals surface area (Å²) in [5.41, 5.74) is 2.16. The highest BCUT2D eigenvalue weighted by atomic mass is 32.1. The topological polar surface area (TPSA) is 70.7 Å². The molecule has 0 aliphatic carbocycles. The van der Waals surface area contributed by atoms with Gasteiger partial charge in [0.25, 0.3) is 0 Å². The lowest BCUT2D eigenvalue weighted by atomic mass is 10.1. The van der Waals surface area contributed by atoms with E-state index in [0.29, 0.717) is 22.1 Å². The van der Waals surface area contributed by atoms with Crippen molar-refractivity contribution in [2.24, 2.45) is 0 Å². The number of carbonyl (C=O) groups excluding carboxylic acids is 1. The normalized spacial score (nSPS) is 12.8. The van der Waals surface area contributed by atoms with Gasteiger partial charge in [0.05, 0.1) is 34.8 Å². The highest BCUT2D eigenvalue weighted by molar-refractivity contribution is 7.13. The van der Waals surface area contributed by atoms with Crippen molar-refractivity contribution in [3.63, 3.8) is 0 Å². The minimum absolute atomic E-state index is 0.0711. The monoisotopic (exact) mass is 430 g/mol. The minimum Gasteiger partial charge on any atom is -0.346 e. The number of aromatic nitrogens is 3. The quantitative estimate of drug-likeness (QED) is 0.461. The summed E-state index contributed by atoms with van der Waals surface area (Å²) < 4.78 is 38.1. The summed E-state index contributed by atoms with van der Waals surface area (Å²) in [4.78, 5) is 24.4. The fraction of sp³-hybridized carbons (Fsp3) is 0.190. The van der Waals surface area contributed by atoms with E-state index in [-0.39, 0.29) is 18.4 Å². The third kappa shape index (κ3) is 4.35. The summed E-state index contributed by atoms with van der Waals surface area (Å²) in [6, 6.07) is 12.1. The maximum Gasteiger partial charge on any atom is 0.416 e. The van der Waals surface area contributed by atoms with Crippen LogP contribution in [-0.4, -0.2) is 20.9 Å². The number of fused-ring (bicyclic) bond motifs is 1. The van der Waals surface area contributed by atoms with Crippen LogP contribution in [0.2, 0.25) is 0 Å². The van der Waals surface area contributed by atoms with Crippen LogP contribution in [0.25, 0.3) is 21.6 Å². The van der Waals surface area contributed by atoms with Gasteiger partial charge in [-0.2, -0.15) is 13.2 Å². The number of nitrogens with one attached hydrogen (secondary N) is 2. The molecule has 2 heterocycles. The van der Waals surface area contributed by atoms with Gasteiger partial charge in [0.15, 0.2) is 0 Å². The van der Waals surface area contributed by atoms with Crippen molar-refractivity contribution in [3.05, 3.63) is 71.0 Å². The molecule has 0 unspecified atom stereocenters. The molecule has 30 heavy (non-hydrogen) atoms. The second kappa shape index (κ2) is 7.91. The Balaban J connectivity index is 1.40. The third-order valence-electron chi connectivity index (χ3n) is 4.55. The number of benzene rings is 2. The molecule has 0 aliphatic heterocycles. The van der Waals surface area contributed by atoms with Gasteiger partial charge in [0.1, 0.15) is 10.8 Å². The van der Waals surface area contributed by atoms with Crippen molar-refractivity contribution < 1.29 is 18.0 Å². The number of thiazole rings is 1. The number of alkyl halides is 3. The van der Waals surface area contributed by atoms with Crippen LogP contribution in [0.3, 0.4) is 0 Å². The Kier molecular flexibility index (Phi) is 5.29. The average Bonchev–Trinajstić information content (AvgIpc) is 3.34. The minimum atomic E-state index is -4.37. The number of halogens is 3. The van der Waals surface area contributed by atoms with Gasteiger partial charge in [0.2, 0.25) is 5.91 Å². The number of carbonyl (C=O) groups is 1. The molecule has 1 atom stereocenters. The highest BCUT2D eigenvalue weighted by Crippen LogP contribution is 2.31. The lowest BCUT2D eigenvalue weighted by molar-refractivity contribution is -0.137. The molecular formula is C21H17F3N4OS. The number of nitrogens with zero attached hydrogens (tertiary/aromatic N) is 2. The number of amides is 1. The first-order valence-electron chi connectivity index (χ1n) is 9.15. The largest absolute Gasteiger partial charge is 0.416 e. The van der Waals surface area contributed by atoms with Gasteiger partial charge < -0.3 is 10.3 Å². The molecule has 9 heteroatoms. The zero-order chi connectivity index (χ0) is 21.3. The highest BCUT2D eigenvalue weighted by Gasteiger charge is 2.30. The average molecular weight is 430 g/mol. The van der Waals surface area contributed by atoms with Crippen molar-refractivity contribution in [1.29, 1.82) is 0 Å². The first kappa shape index (κ1) is 20.1. The fourth-order valence-electron chi connectivity index (χ4n) is 3.03. The molecule has 4 aromatic rings. The number of rotatable bonds is 5. The van der Waals surface area contributed by atoms with Crippen molar-refractivity contribution in [1.82, 2.24) is 20.3 Å². The molecular weight excluding hydrogens is 413 g/mol. The predicted molar refractivity (Wildman–Crippen MR) is 109 cm³/mol. The molecule has 2 aromatic heterocycles. The van der Waals surface area contributed by atoms with E-state index < -0.39 is 11.7 Å². The second-order valence-corrected chi connectivity index (χ2v) is 7.68. The molecule has 0 bridgehead atoms. The van der Waals surface area contributed by atoms with Gasteiger partial charge in [-0.05, 0) is 31.2 Å². The van der Waals surface area contributed by atoms with Gasteiger partial charge in [0, 0.05) is 10.9 Å². The molecule has 0 saturated carbocycles. The molecule has 0 fully saturated rings. The lowest BCUT2D eigenvalue weighted by Crippen LogP contribution is -2.28. The van der Waals surface area contributed by atoms with Gasteiger partial charge in [-0.15, -0.1) is 11.3 Å². The van der Waals surface area contributed by atoms with Crippen molar-refractivity contribution in [2.75, 3.05) is 0 Å². The van der Waals surface area contributed by atoms with E-state index >= 15 is 0 Å². The van der Waals surface area contributed by atoms with Crippen LogP contribution in [0.1, 0.15) is 30.0 Å². The van der Waals surface area contributed by atoms with Crippen LogP contribution in [0.15, 0.2) is 53.9 Å². The molecule has 0 spiro atoms. The van der Waals surface area contributed by atoms with Crippen molar-refractivity contribution in [2.45, 2.75) is 25.6 Å². The number of imidazole rings is 1. The van der Waals surface area contributed by atoms with E-state index in [0.717, 1.165) is 23.2 Å². The van der Waals surface area contributed by atoms with E-state index in [4.69, 9.17) is 0 Å². The molecule has 4 rings (SSSR count). The first-order valence-corrected chi connectivity index (χ1v) is 10.0. The molecule has 2 N–H and O–H groups in total. The van der Waals surface area contributed by atoms with Crippen LogP contribution < -0.4 is 5.32 Å². The van der Waals surface area contributed by atoms with Crippen LogP contribution in [0.5, 0.6) is 0 Å². The zero-order valence-electron chi connectivity index (χ0n) is 15.8. The molecule has 5 nitrogen and oxygen atoms in total. The fourth-order valence-corrected chi connectivity index (χ4v) is 3.85. The van der Waals surface area contributed by atoms with E-state index in [1.54, 1.807) is 5.38 Å². The Morgan fingerprint density at radius 2 is 1.87 bits per heavy atom. The molecule has 0 aliphatic rings. The summed E-state index contributed by atoms with van der Waals surface area (Å²) in [6.45, 7) is 1.84. The van der Waals surface area contributed by atoms with Gasteiger partial charge in [-0.3, -0.25) is 4.79 Å². The molecule has 154 valence electrons. The van der Waals surface area contributed by atoms with Crippen LogP contribution >= 0.6 is 11.3 Å². The number of H-pyrrole nitrogens is 1. The first-order chi connectivity index (χ1) is 14.3. The smallest absolute Gasteiger partial charge is 0.346 e. The number of para-hydroxylation sites is 2. The maximum absolute atomic E-state index is 12.7. The number of hydrogen-bond donors (Lipinski definition) is 2. The van der Waals surface area contributed by atoms with Crippen molar-refractivity contribution in [3.8, 4) is 10.6 Å². The lowest BCUT2D eigenvalue weighted by Gasteiger charge is -2.10. The Morgan fingerprint density at radius 1 is 1.13 bits per heavy atom. The molecule has 0 saturated heterocycles. The van der Waals surface area contributed by atoms with Gasteiger partial charge in [-0.25, -0.2) is 9.97 Å².